The number of carbonyl (C=O) groups is 1. The molecular formula is C12H12F3NO5S. The lowest BCUT2D eigenvalue weighted by Crippen LogP contribution is -2.54. The molecule has 6 nitrogen and oxygen atoms in total. The molecule has 0 aromatic heterocycles. The van der Waals surface area contributed by atoms with E-state index in [9.17, 15) is 26.4 Å². The van der Waals surface area contributed by atoms with E-state index >= 15 is 0 Å². The SMILES string of the molecule is O=C(O)N1CC(OCc2cccc(S(=O)(=O)C(F)(F)F)c2)C1. The average Bonchev–Trinajstić information content (AvgIpc) is 2.35. The summed E-state index contributed by atoms with van der Waals surface area (Å²) in [4.78, 5) is 10.8. The first kappa shape index (κ1) is 16.6. The molecule has 1 heterocycles. The van der Waals surface area contributed by atoms with E-state index in [1.165, 1.54) is 12.1 Å². The van der Waals surface area contributed by atoms with Crippen LogP contribution in [-0.2, 0) is 21.2 Å². The highest BCUT2D eigenvalue weighted by molar-refractivity contribution is 7.92. The van der Waals surface area contributed by atoms with Crippen molar-refractivity contribution in [2.75, 3.05) is 13.1 Å². The van der Waals surface area contributed by atoms with Gasteiger partial charge in [0.1, 0.15) is 0 Å². The minimum Gasteiger partial charge on any atom is -0.465 e. The number of amides is 1. The Morgan fingerprint density at radius 1 is 1.36 bits per heavy atom. The molecule has 0 atom stereocenters. The Labute approximate surface area is 124 Å². The Bertz CT molecular complexity index is 668. The molecule has 0 saturated carbocycles. The Balaban J connectivity index is 2.00. The summed E-state index contributed by atoms with van der Waals surface area (Å²) in [5.74, 6) is 0. The summed E-state index contributed by atoms with van der Waals surface area (Å²) in [6.07, 6.45) is -1.42. The summed E-state index contributed by atoms with van der Waals surface area (Å²) in [7, 11) is -5.39. The minimum absolute atomic E-state index is 0.0979. The quantitative estimate of drug-likeness (QED) is 0.905. The molecule has 1 fully saturated rings. The second-order valence-corrected chi connectivity index (χ2v) is 6.66. The van der Waals surface area contributed by atoms with E-state index in [4.69, 9.17) is 9.84 Å². The number of halogens is 3. The number of likely N-dealkylation sites (tertiary alicyclic amines) is 1. The summed E-state index contributed by atoms with van der Waals surface area (Å²) in [6, 6.07) is 4.39. The first-order valence-electron chi connectivity index (χ1n) is 6.11. The Hall–Kier alpha value is -1.81. The zero-order valence-corrected chi connectivity index (χ0v) is 11.9. The van der Waals surface area contributed by atoms with Gasteiger partial charge in [-0.05, 0) is 17.7 Å². The molecular weight excluding hydrogens is 327 g/mol. The molecule has 1 aliphatic heterocycles. The van der Waals surface area contributed by atoms with Gasteiger partial charge in [0.2, 0.25) is 0 Å². The minimum atomic E-state index is -5.39. The molecule has 0 unspecified atom stereocenters. The van der Waals surface area contributed by atoms with Gasteiger partial charge in [-0.3, -0.25) is 0 Å². The number of rotatable bonds is 4. The zero-order valence-electron chi connectivity index (χ0n) is 11.1. The van der Waals surface area contributed by atoms with Gasteiger partial charge in [0, 0.05) is 0 Å². The summed E-state index contributed by atoms with van der Waals surface area (Å²) < 4.78 is 65.3. The molecule has 1 N–H and O–H groups in total. The highest BCUT2D eigenvalue weighted by atomic mass is 32.2. The fraction of sp³-hybridized carbons (Fsp3) is 0.417. The maximum atomic E-state index is 12.5. The van der Waals surface area contributed by atoms with Crippen molar-refractivity contribution in [1.29, 1.82) is 0 Å². The van der Waals surface area contributed by atoms with Gasteiger partial charge < -0.3 is 14.7 Å². The van der Waals surface area contributed by atoms with Crippen molar-refractivity contribution < 1.29 is 36.2 Å². The molecule has 0 radical (unpaired) electrons. The van der Waals surface area contributed by atoms with Gasteiger partial charge in [0.15, 0.2) is 0 Å². The van der Waals surface area contributed by atoms with E-state index in [0.717, 1.165) is 17.0 Å². The van der Waals surface area contributed by atoms with Crippen LogP contribution >= 0.6 is 0 Å². The van der Waals surface area contributed by atoms with Gasteiger partial charge in [0.05, 0.1) is 30.7 Å². The van der Waals surface area contributed by atoms with Crippen LogP contribution in [0.2, 0.25) is 0 Å². The average molecular weight is 339 g/mol. The van der Waals surface area contributed by atoms with Gasteiger partial charge in [-0.1, -0.05) is 12.1 Å². The standard InChI is InChI=1S/C12H12F3NO5S/c13-12(14,15)22(19,20)10-3-1-2-8(4-10)7-21-9-5-16(6-9)11(17)18/h1-4,9H,5-7H2,(H,17,18). The van der Waals surface area contributed by atoms with Crippen LogP contribution in [0.1, 0.15) is 5.56 Å². The van der Waals surface area contributed by atoms with Gasteiger partial charge >= 0.3 is 11.6 Å². The number of ether oxygens (including phenoxy) is 1. The number of hydrogen-bond donors (Lipinski definition) is 1. The molecule has 22 heavy (non-hydrogen) atoms. The predicted octanol–water partition coefficient (Wildman–Crippen LogP) is 1.86. The Morgan fingerprint density at radius 2 is 2.00 bits per heavy atom. The molecule has 10 heteroatoms. The fourth-order valence-electron chi connectivity index (χ4n) is 1.85. The van der Waals surface area contributed by atoms with Crippen molar-refractivity contribution in [3.05, 3.63) is 29.8 Å². The van der Waals surface area contributed by atoms with Crippen molar-refractivity contribution in [2.45, 2.75) is 23.1 Å². The number of alkyl halides is 3. The lowest BCUT2D eigenvalue weighted by Gasteiger charge is -2.36. The molecule has 1 aliphatic rings. The largest absolute Gasteiger partial charge is 0.501 e. The van der Waals surface area contributed by atoms with Gasteiger partial charge in [-0.2, -0.15) is 13.2 Å². The lowest BCUT2D eigenvalue weighted by atomic mass is 10.2. The van der Waals surface area contributed by atoms with E-state index in [1.54, 1.807) is 0 Å². The third kappa shape index (κ3) is 3.33. The van der Waals surface area contributed by atoms with Crippen molar-refractivity contribution >= 4 is 15.9 Å². The van der Waals surface area contributed by atoms with Crippen molar-refractivity contribution in [3.8, 4) is 0 Å². The molecule has 0 aliphatic carbocycles. The topological polar surface area (TPSA) is 83.9 Å². The molecule has 1 saturated heterocycles. The van der Waals surface area contributed by atoms with Crippen LogP contribution in [0.15, 0.2) is 29.2 Å². The van der Waals surface area contributed by atoms with Crippen LogP contribution in [0.25, 0.3) is 0 Å². The normalized spacial score (nSPS) is 16.4. The molecule has 0 bridgehead atoms. The second-order valence-electron chi connectivity index (χ2n) is 4.72. The maximum absolute atomic E-state index is 12.5. The second kappa shape index (κ2) is 5.76. The van der Waals surface area contributed by atoms with E-state index < -0.39 is 26.3 Å². The number of nitrogens with zero attached hydrogens (tertiary/aromatic N) is 1. The van der Waals surface area contributed by atoms with Crippen LogP contribution in [-0.4, -0.2) is 49.2 Å². The highest BCUT2D eigenvalue weighted by Crippen LogP contribution is 2.30. The van der Waals surface area contributed by atoms with Gasteiger partial charge in [-0.25, -0.2) is 13.2 Å². The summed E-state index contributed by atoms with van der Waals surface area (Å²) in [5, 5.41) is 8.64. The van der Waals surface area contributed by atoms with E-state index in [-0.39, 0.29) is 31.4 Å². The number of carboxylic acid groups (broad SMARTS) is 1. The zero-order chi connectivity index (χ0) is 16.5. The van der Waals surface area contributed by atoms with Crippen molar-refractivity contribution in [1.82, 2.24) is 4.90 Å². The lowest BCUT2D eigenvalue weighted by molar-refractivity contribution is -0.0523. The molecule has 122 valence electrons. The van der Waals surface area contributed by atoms with E-state index in [0.29, 0.717) is 0 Å². The number of sulfone groups is 1. The highest BCUT2D eigenvalue weighted by Gasteiger charge is 2.46. The Kier molecular flexibility index (Phi) is 4.34. The third-order valence-electron chi connectivity index (χ3n) is 3.12. The Morgan fingerprint density at radius 3 is 2.55 bits per heavy atom. The summed E-state index contributed by atoms with van der Waals surface area (Å²) >= 11 is 0. The van der Waals surface area contributed by atoms with Gasteiger partial charge in [0.25, 0.3) is 9.84 Å². The first-order valence-corrected chi connectivity index (χ1v) is 7.59. The van der Waals surface area contributed by atoms with Gasteiger partial charge in [-0.15, -0.1) is 0 Å². The number of hydrogen-bond acceptors (Lipinski definition) is 4. The smallest absolute Gasteiger partial charge is 0.465 e. The van der Waals surface area contributed by atoms with Crippen molar-refractivity contribution in [3.63, 3.8) is 0 Å². The molecule has 1 aromatic carbocycles. The van der Waals surface area contributed by atoms with Crippen molar-refractivity contribution in [2.24, 2.45) is 0 Å². The predicted molar refractivity (Wildman–Crippen MR) is 67.9 cm³/mol. The first-order chi connectivity index (χ1) is 10.1. The van der Waals surface area contributed by atoms with Crippen LogP contribution in [0.4, 0.5) is 18.0 Å². The van der Waals surface area contributed by atoms with Crippen LogP contribution in [0.5, 0.6) is 0 Å². The molecule has 2 rings (SSSR count). The molecule has 0 spiro atoms. The number of benzene rings is 1. The monoisotopic (exact) mass is 339 g/mol. The summed E-state index contributed by atoms with van der Waals surface area (Å²) in [6.45, 7) is 0.255. The fourth-order valence-corrected chi connectivity index (χ4v) is 2.68. The molecule has 1 amide bonds. The maximum Gasteiger partial charge on any atom is 0.501 e. The van der Waals surface area contributed by atoms with Crippen LogP contribution in [0, 0.1) is 0 Å². The van der Waals surface area contributed by atoms with Crippen LogP contribution < -0.4 is 0 Å². The summed E-state index contributed by atoms with van der Waals surface area (Å²) in [5.41, 5.74) is -5.10. The van der Waals surface area contributed by atoms with Crippen LogP contribution in [0.3, 0.4) is 0 Å². The van der Waals surface area contributed by atoms with E-state index in [2.05, 4.69) is 0 Å². The van der Waals surface area contributed by atoms with E-state index in [1.807, 2.05) is 0 Å². The molecule has 1 aromatic rings. The third-order valence-corrected chi connectivity index (χ3v) is 4.60.